The van der Waals surface area contributed by atoms with Gasteiger partial charge in [0.15, 0.2) is 5.82 Å². The molecule has 2 aromatic heterocycles. The molecule has 5 aliphatic heterocycles. The summed E-state index contributed by atoms with van der Waals surface area (Å²) >= 11 is 0. The van der Waals surface area contributed by atoms with Crippen LogP contribution in [0, 0.1) is 29.9 Å². The summed E-state index contributed by atoms with van der Waals surface area (Å²) in [6, 6.07) is 6.39. The maximum Gasteiger partial charge on any atom is 0.319 e. The Morgan fingerprint density at radius 1 is 1.16 bits per heavy atom. The molecule has 0 spiro atoms. The third kappa shape index (κ3) is 5.31. The number of fused-ring (bicyclic) bond motifs is 5. The Labute approximate surface area is 294 Å². The molecule has 264 valence electrons. The number of hydrogen-bond donors (Lipinski definition) is 2. The molecule has 5 fully saturated rings. The SMILES string of the molecule is C#Cc1c(F)ccc2cc(N)cc(-c3ncc4c(N5C[C@@H]6CC[C@](C7CCOCC7)(C5)N6)nc(OC[C@@]56CCCN5C/C(=C/F)C6)nc4c3F)c12. The van der Waals surface area contributed by atoms with E-state index >= 15 is 4.39 Å². The molecule has 3 N–H and O–H groups in total. The van der Waals surface area contributed by atoms with E-state index < -0.39 is 11.6 Å². The summed E-state index contributed by atoms with van der Waals surface area (Å²) in [5.41, 5.74) is 7.16. The number of hydrogen-bond acceptors (Lipinski definition) is 9. The number of pyridine rings is 1. The average molecular weight is 696 g/mol. The Morgan fingerprint density at radius 3 is 2.84 bits per heavy atom. The van der Waals surface area contributed by atoms with E-state index in [-0.39, 0.29) is 52.1 Å². The van der Waals surface area contributed by atoms with E-state index in [1.54, 1.807) is 24.4 Å². The van der Waals surface area contributed by atoms with Crippen LogP contribution in [0.2, 0.25) is 0 Å². The normalized spacial score (nSPS) is 27.5. The van der Waals surface area contributed by atoms with Crippen LogP contribution in [0.25, 0.3) is 32.9 Å². The number of aromatic nitrogens is 3. The lowest BCUT2D eigenvalue weighted by molar-refractivity contribution is 0.0308. The van der Waals surface area contributed by atoms with Gasteiger partial charge in [-0.1, -0.05) is 12.0 Å². The lowest BCUT2D eigenvalue weighted by Crippen LogP contribution is -2.63. The van der Waals surface area contributed by atoms with Crippen molar-refractivity contribution < 1.29 is 22.6 Å². The molecule has 5 saturated heterocycles. The molecule has 9 nitrogen and oxygen atoms in total. The molecular weight excluding hydrogens is 655 g/mol. The van der Waals surface area contributed by atoms with Gasteiger partial charge in [0.1, 0.15) is 29.5 Å². The lowest BCUT2D eigenvalue weighted by atomic mass is 9.77. The van der Waals surface area contributed by atoms with Gasteiger partial charge in [0, 0.05) is 67.3 Å². The van der Waals surface area contributed by atoms with Crippen molar-refractivity contribution in [3.63, 3.8) is 0 Å². The van der Waals surface area contributed by atoms with E-state index in [0.29, 0.717) is 66.0 Å². The summed E-state index contributed by atoms with van der Waals surface area (Å²) in [5, 5.41) is 5.32. The van der Waals surface area contributed by atoms with Crippen LogP contribution in [0.4, 0.5) is 24.7 Å². The second kappa shape index (κ2) is 12.4. The first-order valence-electron chi connectivity index (χ1n) is 17.9. The molecule has 7 heterocycles. The number of ether oxygens (including phenoxy) is 2. The van der Waals surface area contributed by atoms with Crippen molar-refractivity contribution in [3.05, 3.63) is 59.6 Å². The van der Waals surface area contributed by atoms with E-state index in [2.05, 4.69) is 26.0 Å². The zero-order valence-corrected chi connectivity index (χ0v) is 28.4. The van der Waals surface area contributed by atoms with Gasteiger partial charge < -0.3 is 25.4 Å². The van der Waals surface area contributed by atoms with Crippen molar-refractivity contribution in [2.45, 2.75) is 62.1 Å². The van der Waals surface area contributed by atoms with E-state index in [9.17, 15) is 8.78 Å². The Hall–Kier alpha value is -4.44. The fourth-order valence-corrected chi connectivity index (χ4v) is 9.74. The number of benzene rings is 2. The molecule has 2 bridgehead atoms. The first-order chi connectivity index (χ1) is 24.8. The first kappa shape index (κ1) is 32.5. The van der Waals surface area contributed by atoms with Gasteiger partial charge in [0.05, 0.1) is 22.8 Å². The smallest absolute Gasteiger partial charge is 0.319 e. The quantitative estimate of drug-likeness (QED) is 0.189. The number of nitrogen functional groups attached to an aromatic ring is 1. The minimum absolute atomic E-state index is 0.00420. The van der Waals surface area contributed by atoms with E-state index in [0.717, 1.165) is 63.9 Å². The summed E-state index contributed by atoms with van der Waals surface area (Å²) in [4.78, 5) is 18.8. The lowest BCUT2D eigenvalue weighted by Gasteiger charge is -2.47. The van der Waals surface area contributed by atoms with Crippen LogP contribution in [0.3, 0.4) is 0 Å². The van der Waals surface area contributed by atoms with E-state index in [1.165, 1.54) is 6.07 Å². The highest BCUT2D eigenvalue weighted by atomic mass is 19.1. The van der Waals surface area contributed by atoms with Gasteiger partial charge in [0.2, 0.25) is 0 Å². The van der Waals surface area contributed by atoms with Crippen LogP contribution in [-0.2, 0) is 4.74 Å². The van der Waals surface area contributed by atoms with Gasteiger partial charge in [-0.2, -0.15) is 9.97 Å². The molecule has 0 amide bonds. The van der Waals surface area contributed by atoms with Crippen LogP contribution < -0.4 is 20.7 Å². The number of nitrogens with one attached hydrogen (secondary N) is 1. The van der Waals surface area contributed by atoms with Gasteiger partial charge >= 0.3 is 6.01 Å². The zero-order chi connectivity index (χ0) is 34.9. The third-order valence-corrected chi connectivity index (χ3v) is 12.1. The average Bonchev–Trinajstić information content (AvgIpc) is 3.81. The highest BCUT2D eigenvalue weighted by Crippen LogP contribution is 2.45. The number of rotatable bonds is 6. The standard InChI is InChI=1S/C39H40F3N7O2/c1-2-28-31(41)5-4-24-14-26(43)15-29(32(24)28)34-33(42)35-30(18-44-34)36(48-20-27-6-10-39(21-48,47-27)25-7-12-50-13-8-25)46-37(45-35)51-22-38-9-3-11-49(38)19-23(16-38)17-40/h1,4-5,14-15,17-18,25,27,47H,3,6-13,16,19-22,43H2/b23-17+/t27-,38-,39+/m0/s1. The van der Waals surface area contributed by atoms with E-state index in [4.69, 9.17) is 31.6 Å². The number of nitrogens with two attached hydrogens (primary N) is 1. The van der Waals surface area contributed by atoms with Crippen molar-refractivity contribution in [2.24, 2.45) is 5.92 Å². The molecule has 2 aromatic carbocycles. The largest absolute Gasteiger partial charge is 0.461 e. The van der Waals surface area contributed by atoms with E-state index in [1.807, 2.05) is 0 Å². The first-order valence-corrected chi connectivity index (χ1v) is 17.9. The van der Waals surface area contributed by atoms with Crippen molar-refractivity contribution >= 4 is 33.2 Å². The molecule has 0 unspecified atom stereocenters. The Morgan fingerprint density at radius 2 is 2.02 bits per heavy atom. The molecule has 5 aliphatic rings. The van der Waals surface area contributed by atoms with Crippen molar-refractivity contribution in [3.8, 4) is 29.6 Å². The van der Waals surface area contributed by atoms with Crippen molar-refractivity contribution in [1.29, 1.82) is 0 Å². The maximum absolute atomic E-state index is 17.2. The predicted molar refractivity (Wildman–Crippen MR) is 190 cm³/mol. The minimum Gasteiger partial charge on any atom is -0.461 e. The molecule has 0 saturated carbocycles. The number of piperazine rings is 1. The Bertz CT molecular complexity index is 2130. The number of terminal acetylenes is 1. The molecule has 51 heavy (non-hydrogen) atoms. The van der Waals surface area contributed by atoms with Crippen LogP contribution >= 0.6 is 0 Å². The number of halogens is 3. The number of anilines is 2. The highest BCUT2D eigenvalue weighted by Gasteiger charge is 2.50. The van der Waals surface area contributed by atoms with Crippen LogP contribution in [0.15, 0.2) is 42.4 Å². The van der Waals surface area contributed by atoms with Gasteiger partial charge in [-0.3, -0.25) is 9.88 Å². The Balaban J connectivity index is 1.18. The van der Waals surface area contributed by atoms with Crippen molar-refractivity contribution in [2.75, 3.05) is 56.6 Å². The third-order valence-electron chi connectivity index (χ3n) is 12.1. The van der Waals surface area contributed by atoms with Gasteiger partial charge in [-0.25, -0.2) is 13.2 Å². The molecule has 3 atom stereocenters. The monoisotopic (exact) mass is 695 g/mol. The molecule has 4 aromatic rings. The maximum atomic E-state index is 17.2. The fraction of sp³-hybridized carbons (Fsp3) is 0.462. The van der Waals surface area contributed by atoms with Crippen LogP contribution in [0.5, 0.6) is 6.01 Å². The summed E-state index contributed by atoms with van der Waals surface area (Å²) in [5.74, 6) is 2.13. The highest BCUT2D eigenvalue weighted by molar-refractivity contribution is 6.03. The Kier molecular flexibility index (Phi) is 7.87. The molecule has 12 heteroatoms. The molecular formula is C39H40F3N7O2. The fourth-order valence-electron chi connectivity index (χ4n) is 9.74. The van der Waals surface area contributed by atoms with Crippen LogP contribution in [-0.4, -0.2) is 83.0 Å². The van der Waals surface area contributed by atoms with Gasteiger partial charge in [-0.05, 0) is 86.6 Å². The molecule has 9 rings (SSSR count). The van der Waals surface area contributed by atoms with Crippen molar-refractivity contribution in [1.82, 2.24) is 25.2 Å². The van der Waals surface area contributed by atoms with Gasteiger partial charge in [0.25, 0.3) is 0 Å². The summed E-state index contributed by atoms with van der Waals surface area (Å²) in [6.45, 7) is 4.54. The topological polar surface area (TPSA) is 102 Å². The minimum atomic E-state index is -0.707. The van der Waals surface area contributed by atoms with Crippen LogP contribution in [0.1, 0.15) is 50.5 Å². The summed E-state index contributed by atoms with van der Waals surface area (Å²) in [6.07, 6.45) is 14.5. The predicted octanol–water partition coefficient (Wildman–Crippen LogP) is 5.89. The summed E-state index contributed by atoms with van der Waals surface area (Å²) in [7, 11) is 0. The zero-order valence-electron chi connectivity index (χ0n) is 28.4. The van der Waals surface area contributed by atoms with Gasteiger partial charge in [-0.15, -0.1) is 6.42 Å². The summed E-state index contributed by atoms with van der Waals surface area (Å²) < 4.78 is 58.0. The molecule has 0 aliphatic carbocycles. The number of nitrogens with zero attached hydrogens (tertiary/aromatic N) is 5. The molecule has 0 radical (unpaired) electrons. The second-order valence-corrected chi connectivity index (χ2v) is 15.0. The second-order valence-electron chi connectivity index (χ2n) is 15.0.